The molecule has 0 amide bonds. The molecule has 0 spiro atoms. The predicted molar refractivity (Wildman–Crippen MR) is 53.5 cm³/mol. The van der Waals surface area contributed by atoms with Gasteiger partial charge in [0.15, 0.2) is 11.5 Å². The lowest BCUT2D eigenvalue weighted by Crippen LogP contribution is -1.91. The molecular weight excluding hydrogens is 183 g/mol. The molecule has 1 aromatic rings. The zero-order chi connectivity index (χ0) is 10.4. The van der Waals surface area contributed by atoms with Crippen LogP contribution in [0.4, 0.5) is 4.39 Å². The maximum atomic E-state index is 11.8. The Morgan fingerprint density at radius 1 is 1.21 bits per heavy atom. The summed E-state index contributed by atoms with van der Waals surface area (Å²) in [4.78, 5) is 0. The molecule has 2 nitrogen and oxygen atoms in total. The smallest absolute Gasteiger partial charge is 0.160 e. The fraction of sp³-hybridized carbons (Fsp3) is 0.273. The lowest BCUT2D eigenvalue weighted by molar-refractivity contribution is 0.354. The molecule has 76 valence electrons. The van der Waals surface area contributed by atoms with Gasteiger partial charge in [0.1, 0.15) is 0 Å². The monoisotopic (exact) mass is 196 g/mol. The summed E-state index contributed by atoms with van der Waals surface area (Å²) in [6, 6.07) is 5.51. The highest BCUT2D eigenvalue weighted by atomic mass is 19.1. The summed E-state index contributed by atoms with van der Waals surface area (Å²) >= 11 is 0. The van der Waals surface area contributed by atoms with Gasteiger partial charge in [-0.15, -0.1) is 0 Å². The Morgan fingerprint density at radius 3 is 2.50 bits per heavy atom. The topological polar surface area (TPSA) is 18.5 Å². The van der Waals surface area contributed by atoms with E-state index in [1.807, 2.05) is 12.1 Å². The first-order valence-corrected chi connectivity index (χ1v) is 4.28. The van der Waals surface area contributed by atoms with Crippen molar-refractivity contribution in [1.29, 1.82) is 0 Å². The Bertz CT molecular complexity index is 321. The van der Waals surface area contributed by atoms with E-state index in [4.69, 9.17) is 9.47 Å². The molecule has 0 radical (unpaired) electrons. The molecule has 0 aliphatic rings. The number of benzene rings is 1. The van der Waals surface area contributed by atoms with Crippen molar-refractivity contribution in [3.63, 3.8) is 0 Å². The van der Waals surface area contributed by atoms with Gasteiger partial charge in [-0.05, 0) is 24.1 Å². The maximum Gasteiger partial charge on any atom is 0.160 e. The highest BCUT2D eigenvalue weighted by Crippen LogP contribution is 2.27. The zero-order valence-electron chi connectivity index (χ0n) is 8.29. The first-order valence-electron chi connectivity index (χ1n) is 4.28. The van der Waals surface area contributed by atoms with E-state index in [0.29, 0.717) is 24.2 Å². The SMILES string of the molecule is COc1ccc(C/C=C/F)cc1OC. The van der Waals surface area contributed by atoms with Crippen LogP contribution in [0.1, 0.15) is 5.56 Å². The van der Waals surface area contributed by atoms with E-state index < -0.39 is 0 Å². The van der Waals surface area contributed by atoms with Crippen molar-refractivity contribution in [3.05, 3.63) is 36.2 Å². The fourth-order valence-corrected chi connectivity index (χ4v) is 1.19. The lowest BCUT2D eigenvalue weighted by Gasteiger charge is -2.08. The second-order valence-corrected chi connectivity index (χ2v) is 2.76. The standard InChI is InChI=1S/C11H13FO2/c1-13-10-6-5-9(4-3-7-12)8-11(10)14-2/h3,5-8H,4H2,1-2H3/b7-3+. The molecule has 0 saturated carbocycles. The Kier molecular flexibility index (Phi) is 3.98. The van der Waals surface area contributed by atoms with E-state index in [1.54, 1.807) is 20.3 Å². The van der Waals surface area contributed by atoms with Crippen molar-refractivity contribution < 1.29 is 13.9 Å². The van der Waals surface area contributed by atoms with Crippen LogP contribution in [-0.2, 0) is 6.42 Å². The van der Waals surface area contributed by atoms with Gasteiger partial charge in [-0.1, -0.05) is 12.1 Å². The van der Waals surface area contributed by atoms with Crippen LogP contribution < -0.4 is 9.47 Å². The number of methoxy groups -OCH3 is 2. The molecule has 3 heteroatoms. The number of halogens is 1. The number of hydrogen-bond donors (Lipinski definition) is 0. The number of allylic oxidation sites excluding steroid dienone is 1. The molecule has 0 bridgehead atoms. The largest absolute Gasteiger partial charge is 0.493 e. The third-order valence-corrected chi connectivity index (χ3v) is 1.89. The van der Waals surface area contributed by atoms with Crippen molar-refractivity contribution in [2.24, 2.45) is 0 Å². The lowest BCUT2D eigenvalue weighted by atomic mass is 10.1. The second kappa shape index (κ2) is 5.27. The van der Waals surface area contributed by atoms with Crippen LogP contribution in [0, 0.1) is 0 Å². The molecule has 0 fully saturated rings. The average Bonchev–Trinajstić information content (AvgIpc) is 2.25. The highest BCUT2D eigenvalue weighted by molar-refractivity contribution is 5.43. The summed E-state index contributed by atoms with van der Waals surface area (Å²) in [5, 5.41) is 0. The van der Waals surface area contributed by atoms with E-state index >= 15 is 0 Å². The molecule has 14 heavy (non-hydrogen) atoms. The van der Waals surface area contributed by atoms with Gasteiger partial charge in [0.25, 0.3) is 0 Å². The van der Waals surface area contributed by atoms with Gasteiger partial charge >= 0.3 is 0 Å². The molecule has 0 unspecified atom stereocenters. The second-order valence-electron chi connectivity index (χ2n) is 2.76. The van der Waals surface area contributed by atoms with Crippen LogP contribution in [0.25, 0.3) is 0 Å². The molecule has 1 rings (SSSR count). The molecule has 0 atom stereocenters. The maximum absolute atomic E-state index is 11.8. The van der Waals surface area contributed by atoms with Crippen LogP contribution in [-0.4, -0.2) is 14.2 Å². The summed E-state index contributed by atoms with van der Waals surface area (Å²) in [6.07, 6.45) is 2.54. The Balaban J connectivity index is 2.89. The van der Waals surface area contributed by atoms with Crippen LogP contribution >= 0.6 is 0 Å². The Labute approximate surface area is 83.0 Å². The summed E-state index contributed by atoms with van der Waals surface area (Å²) in [7, 11) is 3.16. The van der Waals surface area contributed by atoms with Crippen molar-refractivity contribution in [2.45, 2.75) is 6.42 Å². The van der Waals surface area contributed by atoms with Gasteiger partial charge in [0.2, 0.25) is 0 Å². The third-order valence-electron chi connectivity index (χ3n) is 1.89. The van der Waals surface area contributed by atoms with E-state index in [-0.39, 0.29) is 0 Å². The third kappa shape index (κ3) is 2.49. The van der Waals surface area contributed by atoms with E-state index in [9.17, 15) is 4.39 Å². The zero-order valence-corrected chi connectivity index (χ0v) is 8.29. The van der Waals surface area contributed by atoms with E-state index in [1.165, 1.54) is 6.08 Å². The van der Waals surface area contributed by atoms with Crippen LogP contribution in [0.5, 0.6) is 11.5 Å². The van der Waals surface area contributed by atoms with Crippen molar-refractivity contribution in [3.8, 4) is 11.5 Å². The van der Waals surface area contributed by atoms with Gasteiger partial charge in [-0.25, -0.2) is 4.39 Å². The van der Waals surface area contributed by atoms with Crippen LogP contribution in [0.15, 0.2) is 30.6 Å². The van der Waals surface area contributed by atoms with Gasteiger partial charge < -0.3 is 9.47 Å². The van der Waals surface area contributed by atoms with E-state index in [0.717, 1.165) is 5.56 Å². The summed E-state index contributed by atoms with van der Waals surface area (Å²) in [5.41, 5.74) is 0.983. The van der Waals surface area contributed by atoms with Crippen molar-refractivity contribution >= 4 is 0 Å². The normalized spacial score (nSPS) is 10.5. The average molecular weight is 196 g/mol. The molecular formula is C11H13FO2. The summed E-state index contributed by atoms with van der Waals surface area (Å²) in [5.74, 6) is 1.35. The number of rotatable bonds is 4. The molecule has 0 saturated heterocycles. The number of ether oxygens (including phenoxy) is 2. The van der Waals surface area contributed by atoms with Crippen molar-refractivity contribution in [1.82, 2.24) is 0 Å². The molecule has 1 aromatic carbocycles. The minimum Gasteiger partial charge on any atom is -0.493 e. The van der Waals surface area contributed by atoms with Gasteiger partial charge in [0.05, 0.1) is 20.5 Å². The van der Waals surface area contributed by atoms with E-state index in [2.05, 4.69) is 0 Å². The Hall–Kier alpha value is -1.51. The predicted octanol–water partition coefficient (Wildman–Crippen LogP) is 2.73. The van der Waals surface area contributed by atoms with Gasteiger partial charge in [-0.3, -0.25) is 0 Å². The van der Waals surface area contributed by atoms with Gasteiger partial charge in [-0.2, -0.15) is 0 Å². The quantitative estimate of drug-likeness (QED) is 0.737. The molecule has 0 N–H and O–H groups in total. The highest BCUT2D eigenvalue weighted by Gasteiger charge is 2.02. The minimum atomic E-state index is 0.538. The molecule has 0 aliphatic carbocycles. The van der Waals surface area contributed by atoms with Crippen molar-refractivity contribution in [2.75, 3.05) is 14.2 Å². The first-order chi connectivity index (χ1) is 6.81. The molecule has 0 aliphatic heterocycles. The van der Waals surface area contributed by atoms with Gasteiger partial charge in [0, 0.05) is 0 Å². The molecule has 0 heterocycles. The van der Waals surface area contributed by atoms with Crippen LogP contribution in [0.3, 0.4) is 0 Å². The summed E-state index contributed by atoms with van der Waals surface area (Å²) in [6.45, 7) is 0. The minimum absolute atomic E-state index is 0.538. The number of hydrogen-bond acceptors (Lipinski definition) is 2. The summed E-state index contributed by atoms with van der Waals surface area (Å²) < 4.78 is 22.0. The first kappa shape index (κ1) is 10.6. The Morgan fingerprint density at radius 2 is 1.93 bits per heavy atom. The fourth-order valence-electron chi connectivity index (χ4n) is 1.19. The van der Waals surface area contributed by atoms with Crippen LogP contribution in [0.2, 0.25) is 0 Å². The molecule has 0 aromatic heterocycles.